The summed E-state index contributed by atoms with van der Waals surface area (Å²) in [6.07, 6.45) is 7.56. The van der Waals surface area contributed by atoms with Gasteiger partial charge >= 0.3 is 0 Å². The van der Waals surface area contributed by atoms with Gasteiger partial charge in [0.05, 0.1) is 0 Å². The van der Waals surface area contributed by atoms with Gasteiger partial charge in [-0.05, 0) is 56.7 Å². The zero-order valence-corrected chi connectivity index (χ0v) is 14.8. The van der Waals surface area contributed by atoms with Crippen LogP contribution in [0.2, 0.25) is 0 Å². The number of likely N-dealkylation sites (tertiary alicyclic amines) is 1. The highest BCUT2D eigenvalue weighted by atomic mass is 16.1. The lowest BCUT2D eigenvalue weighted by atomic mass is 10.0. The molecule has 0 bridgehead atoms. The second-order valence-electron chi connectivity index (χ2n) is 6.75. The van der Waals surface area contributed by atoms with Gasteiger partial charge in [0.2, 0.25) is 5.91 Å². The molecular formula is C20H32N2O. The summed E-state index contributed by atoms with van der Waals surface area (Å²) in [5.74, 6) is 0.177. The van der Waals surface area contributed by atoms with Crippen molar-refractivity contribution in [2.75, 3.05) is 19.6 Å². The van der Waals surface area contributed by atoms with Gasteiger partial charge in [0.1, 0.15) is 0 Å². The number of hydrogen-bond acceptors (Lipinski definition) is 2. The van der Waals surface area contributed by atoms with Gasteiger partial charge in [-0.25, -0.2) is 0 Å². The van der Waals surface area contributed by atoms with Crippen LogP contribution in [-0.4, -0.2) is 36.5 Å². The number of carbonyl (C=O) groups is 1. The lowest BCUT2D eigenvalue weighted by Crippen LogP contribution is -2.39. The quantitative estimate of drug-likeness (QED) is 0.744. The summed E-state index contributed by atoms with van der Waals surface area (Å²) in [6.45, 7) is 7.62. The molecule has 1 atom stereocenters. The van der Waals surface area contributed by atoms with Crippen molar-refractivity contribution in [2.24, 2.45) is 0 Å². The van der Waals surface area contributed by atoms with Gasteiger partial charge < -0.3 is 10.2 Å². The first kappa shape index (κ1) is 18.0. The average Bonchev–Trinajstić information content (AvgIpc) is 2.59. The molecule has 23 heavy (non-hydrogen) atoms. The lowest BCUT2D eigenvalue weighted by Gasteiger charge is -2.33. The van der Waals surface area contributed by atoms with E-state index in [1.165, 1.54) is 36.9 Å². The Hall–Kier alpha value is -1.35. The zero-order valence-electron chi connectivity index (χ0n) is 14.8. The van der Waals surface area contributed by atoms with Crippen LogP contribution < -0.4 is 5.32 Å². The number of rotatable bonds is 8. The van der Waals surface area contributed by atoms with Gasteiger partial charge in [0.15, 0.2) is 0 Å². The van der Waals surface area contributed by atoms with Gasteiger partial charge in [0, 0.05) is 25.6 Å². The molecule has 0 spiro atoms. The highest BCUT2D eigenvalue weighted by Crippen LogP contribution is 2.16. The predicted octanol–water partition coefficient (Wildman–Crippen LogP) is 3.56. The molecule has 1 unspecified atom stereocenters. The van der Waals surface area contributed by atoms with Crippen molar-refractivity contribution in [3.63, 3.8) is 0 Å². The normalized spacial score (nSPS) is 18.8. The molecule has 1 aromatic rings. The summed E-state index contributed by atoms with van der Waals surface area (Å²) in [4.78, 5) is 14.5. The molecule has 1 N–H and O–H groups in total. The SMILES string of the molecule is CCc1ccc(CCC(=O)NCCCN2CCCCC2C)cc1. The monoisotopic (exact) mass is 316 g/mol. The van der Waals surface area contributed by atoms with Crippen LogP contribution in [0, 0.1) is 0 Å². The lowest BCUT2D eigenvalue weighted by molar-refractivity contribution is -0.121. The molecule has 1 amide bonds. The molecular weight excluding hydrogens is 284 g/mol. The minimum atomic E-state index is 0.177. The molecule has 0 saturated carbocycles. The number of hydrogen-bond donors (Lipinski definition) is 1. The van der Waals surface area contributed by atoms with E-state index in [2.05, 4.69) is 48.3 Å². The number of benzene rings is 1. The maximum absolute atomic E-state index is 11.9. The third-order valence-electron chi connectivity index (χ3n) is 4.96. The summed E-state index contributed by atoms with van der Waals surface area (Å²) in [6, 6.07) is 9.32. The Morgan fingerprint density at radius 2 is 1.96 bits per heavy atom. The van der Waals surface area contributed by atoms with Crippen LogP contribution in [0.25, 0.3) is 0 Å². The molecule has 1 heterocycles. The third-order valence-corrected chi connectivity index (χ3v) is 4.96. The molecule has 1 saturated heterocycles. The van der Waals surface area contributed by atoms with E-state index in [0.717, 1.165) is 32.4 Å². The molecule has 1 aliphatic rings. The van der Waals surface area contributed by atoms with Gasteiger partial charge in [-0.15, -0.1) is 0 Å². The van der Waals surface area contributed by atoms with Crippen molar-refractivity contribution in [3.8, 4) is 0 Å². The Morgan fingerprint density at radius 1 is 1.22 bits per heavy atom. The zero-order chi connectivity index (χ0) is 16.5. The fourth-order valence-corrected chi connectivity index (χ4v) is 3.29. The molecule has 0 radical (unpaired) electrons. The summed E-state index contributed by atoms with van der Waals surface area (Å²) in [7, 11) is 0. The van der Waals surface area contributed by atoms with Crippen LogP contribution >= 0.6 is 0 Å². The Labute approximate surface area is 141 Å². The highest BCUT2D eigenvalue weighted by molar-refractivity contribution is 5.76. The van der Waals surface area contributed by atoms with Gasteiger partial charge in [-0.1, -0.05) is 37.6 Å². The molecule has 3 heteroatoms. The van der Waals surface area contributed by atoms with E-state index in [4.69, 9.17) is 0 Å². The van der Waals surface area contributed by atoms with Crippen molar-refractivity contribution < 1.29 is 4.79 Å². The number of nitrogens with one attached hydrogen (secondary N) is 1. The molecule has 2 rings (SSSR count). The van der Waals surface area contributed by atoms with E-state index in [0.29, 0.717) is 12.5 Å². The van der Waals surface area contributed by atoms with E-state index < -0.39 is 0 Å². The molecule has 1 fully saturated rings. The fourth-order valence-electron chi connectivity index (χ4n) is 3.29. The maximum Gasteiger partial charge on any atom is 0.220 e. The molecule has 0 aromatic heterocycles. The first-order valence-corrected chi connectivity index (χ1v) is 9.27. The van der Waals surface area contributed by atoms with Crippen molar-refractivity contribution in [3.05, 3.63) is 35.4 Å². The van der Waals surface area contributed by atoms with Crippen molar-refractivity contribution in [1.29, 1.82) is 0 Å². The Bertz CT molecular complexity index is 469. The molecule has 128 valence electrons. The maximum atomic E-state index is 11.9. The second-order valence-corrected chi connectivity index (χ2v) is 6.75. The predicted molar refractivity (Wildman–Crippen MR) is 96.7 cm³/mol. The number of piperidine rings is 1. The third kappa shape index (κ3) is 6.34. The topological polar surface area (TPSA) is 32.3 Å². The molecule has 0 aliphatic carbocycles. The minimum absolute atomic E-state index is 0.177. The molecule has 1 aliphatic heterocycles. The first-order chi connectivity index (χ1) is 11.2. The standard InChI is InChI=1S/C20H32N2O/c1-3-18-8-10-19(11-9-18)12-13-20(23)21-14-6-16-22-15-5-4-7-17(22)2/h8-11,17H,3-7,12-16H2,1-2H3,(H,21,23). The van der Waals surface area contributed by atoms with E-state index in [1.54, 1.807) is 0 Å². The van der Waals surface area contributed by atoms with Gasteiger partial charge in [-0.2, -0.15) is 0 Å². The van der Waals surface area contributed by atoms with Crippen LogP contribution in [0.4, 0.5) is 0 Å². The smallest absolute Gasteiger partial charge is 0.220 e. The Kier molecular flexibility index (Phi) is 7.60. The van der Waals surface area contributed by atoms with E-state index in [1.807, 2.05) is 0 Å². The van der Waals surface area contributed by atoms with Crippen molar-refractivity contribution in [2.45, 2.75) is 64.8 Å². The van der Waals surface area contributed by atoms with E-state index in [9.17, 15) is 4.79 Å². The summed E-state index contributed by atoms with van der Waals surface area (Å²) in [5.41, 5.74) is 2.60. The van der Waals surface area contributed by atoms with Crippen LogP contribution in [0.5, 0.6) is 0 Å². The van der Waals surface area contributed by atoms with Crippen LogP contribution in [0.1, 0.15) is 57.1 Å². The molecule has 1 aromatic carbocycles. The average molecular weight is 316 g/mol. The Morgan fingerprint density at radius 3 is 2.65 bits per heavy atom. The van der Waals surface area contributed by atoms with E-state index in [-0.39, 0.29) is 5.91 Å². The van der Waals surface area contributed by atoms with Crippen LogP contribution in [0.3, 0.4) is 0 Å². The summed E-state index contributed by atoms with van der Waals surface area (Å²) < 4.78 is 0. The number of carbonyl (C=O) groups excluding carboxylic acids is 1. The highest BCUT2D eigenvalue weighted by Gasteiger charge is 2.17. The summed E-state index contributed by atoms with van der Waals surface area (Å²) >= 11 is 0. The summed E-state index contributed by atoms with van der Waals surface area (Å²) in [5, 5.41) is 3.06. The van der Waals surface area contributed by atoms with Gasteiger partial charge in [-0.3, -0.25) is 4.79 Å². The van der Waals surface area contributed by atoms with Crippen LogP contribution in [0.15, 0.2) is 24.3 Å². The van der Waals surface area contributed by atoms with Crippen molar-refractivity contribution >= 4 is 5.91 Å². The number of amides is 1. The Balaban J connectivity index is 1.57. The van der Waals surface area contributed by atoms with Gasteiger partial charge in [0.25, 0.3) is 0 Å². The largest absolute Gasteiger partial charge is 0.356 e. The molecule has 3 nitrogen and oxygen atoms in total. The van der Waals surface area contributed by atoms with E-state index >= 15 is 0 Å². The number of aryl methyl sites for hydroxylation is 2. The number of nitrogens with zero attached hydrogens (tertiary/aromatic N) is 1. The first-order valence-electron chi connectivity index (χ1n) is 9.27. The van der Waals surface area contributed by atoms with Crippen molar-refractivity contribution in [1.82, 2.24) is 10.2 Å². The fraction of sp³-hybridized carbons (Fsp3) is 0.650. The van der Waals surface area contributed by atoms with Crippen LogP contribution in [-0.2, 0) is 17.6 Å². The minimum Gasteiger partial charge on any atom is -0.356 e. The second kappa shape index (κ2) is 9.71.